The summed E-state index contributed by atoms with van der Waals surface area (Å²) in [5.74, 6) is 0.966. The summed E-state index contributed by atoms with van der Waals surface area (Å²) < 4.78 is 5.16. The van der Waals surface area contributed by atoms with Gasteiger partial charge < -0.3 is 20.7 Å². The Balaban J connectivity index is 1.66. The lowest BCUT2D eigenvalue weighted by Crippen LogP contribution is -2.36. The Kier molecular flexibility index (Phi) is 6.67. The van der Waals surface area contributed by atoms with Crippen molar-refractivity contribution in [2.75, 3.05) is 32.1 Å². The number of nitrogens with one attached hydrogen (secondary N) is 3. The third kappa shape index (κ3) is 6.46. The van der Waals surface area contributed by atoms with Gasteiger partial charge in [-0.15, -0.1) is 0 Å². The highest BCUT2D eigenvalue weighted by Gasteiger charge is 2.20. The average Bonchev–Trinajstić information content (AvgIpc) is 3.32. The standard InChI is InChI=1S/C16H22ClN3O3/c1-23-14-5-4-12(17)8-13(14)20-15(21)6-7-19-16(22)10-18-9-11-2-3-11/h4-5,8,11,18H,2-3,6-7,9-10H2,1H3,(H,19,22)(H,20,21). The molecule has 0 radical (unpaired) electrons. The van der Waals surface area contributed by atoms with Gasteiger partial charge in [-0.25, -0.2) is 0 Å². The number of anilines is 1. The van der Waals surface area contributed by atoms with Crippen molar-refractivity contribution < 1.29 is 14.3 Å². The first-order valence-electron chi connectivity index (χ1n) is 7.69. The zero-order chi connectivity index (χ0) is 16.7. The van der Waals surface area contributed by atoms with Crippen LogP contribution in [0.4, 0.5) is 5.69 Å². The fourth-order valence-electron chi connectivity index (χ4n) is 2.08. The molecule has 1 fully saturated rings. The van der Waals surface area contributed by atoms with Crippen LogP contribution in [0.5, 0.6) is 5.75 Å². The van der Waals surface area contributed by atoms with Crippen molar-refractivity contribution in [1.82, 2.24) is 10.6 Å². The molecule has 0 unspecified atom stereocenters. The van der Waals surface area contributed by atoms with Crippen molar-refractivity contribution in [2.45, 2.75) is 19.3 Å². The molecular weight excluding hydrogens is 318 g/mol. The Labute approximate surface area is 140 Å². The van der Waals surface area contributed by atoms with Gasteiger partial charge >= 0.3 is 0 Å². The van der Waals surface area contributed by atoms with Gasteiger partial charge in [0.15, 0.2) is 0 Å². The third-order valence-corrected chi connectivity index (χ3v) is 3.76. The molecule has 1 aliphatic carbocycles. The van der Waals surface area contributed by atoms with Crippen LogP contribution in [0.15, 0.2) is 18.2 Å². The summed E-state index contributed by atoms with van der Waals surface area (Å²) in [4.78, 5) is 23.5. The van der Waals surface area contributed by atoms with Crippen LogP contribution in [0.2, 0.25) is 5.02 Å². The quantitative estimate of drug-likeness (QED) is 0.641. The van der Waals surface area contributed by atoms with Gasteiger partial charge in [0.25, 0.3) is 0 Å². The van der Waals surface area contributed by atoms with Gasteiger partial charge in [0.1, 0.15) is 5.75 Å². The maximum Gasteiger partial charge on any atom is 0.233 e. The van der Waals surface area contributed by atoms with E-state index in [-0.39, 0.29) is 18.2 Å². The summed E-state index contributed by atoms with van der Waals surface area (Å²) in [7, 11) is 1.52. The van der Waals surface area contributed by atoms with E-state index in [1.807, 2.05) is 0 Å². The predicted octanol–water partition coefficient (Wildman–Crippen LogP) is 1.79. The van der Waals surface area contributed by atoms with Crippen LogP contribution in [-0.4, -0.2) is 38.6 Å². The number of rotatable bonds is 9. The number of hydrogen-bond donors (Lipinski definition) is 3. The van der Waals surface area contributed by atoms with E-state index < -0.39 is 0 Å². The van der Waals surface area contributed by atoms with E-state index in [0.717, 1.165) is 12.5 Å². The van der Waals surface area contributed by atoms with Crippen LogP contribution < -0.4 is 20.7 Å². The topological polar surface area (TPSA) is 79.5 Å². The van der Waals surface area contributed by atoms with Gasteiger partial charge in [-0.3, -0.25) is 9.59 Å². The first-order valence-corrected chi connectivity index (χ1v) is 8.07. The molecule has 0 spiro atoms. The van der Waals surface area contributed by atoms with Crippen molar-refractivity contribution >= 4 is 29.1 Å². The van der Waals surface area contributed by atoms with Gasteiger partial charge in [-0.1, -0.05) is 11.6 Å². The van der Waals surface area contributed by atoms with Gasteiger partial charge in [0.05, 0.1) is 19.3 Å². The SMILES string of the molecule is COc1ccc(Cl)cc1NC(=O)CCNC(=O)CNCC1CC1. The monoisotopic (exact) mass is 339 g/mol. The maximum absolute atomic E-state index is 11.9. The summed E-state index contributed by atoms with van der Waals surface area (Å²) in [6, 6.07) is 4.99. The molecule has 0 saturated heterocycles. The highest BCUT2D eigenvalue weighted by molar-refractivity contribution is 6.31. The number of hydrogen-bond acceptors (Lipinski definition) is 4. The molecule has 0 aromatic heterocycles. The first-order chi connectivity index (χ1) is 11.1. The van der Waals surface area contributed by atoms with Crippen LogP contribution in [0.25, 0.3) is 0 Å². The van der Waals surface area contributed by atoms with E-state index in [9.17, 15) is 9.59 Å². The van der Waals surface area contributed by atoms with Gasteiger partial charge in [-0.05, 0) is 43.5 Å². The lowest BCUT2D eigenvalue weighted by molar-refractivity contribution is -0.120. The molecule has 2 amide bonds. The second-order valence-corrected chi connectivity index (χ2v) is 6.00. The Morgan fingerprint density at radius 2 is 2.09 bits per heavy atom. The lowest BCUT2D eigenvalue weighted by Gasteiger charge is -2.11. The number of carbonyl (C=O) groups is 2. The van der Waals surface area contributed by atoms with Crippen molar-refractivity contribution in [1.29, 1.82) is 0 Å². The first kappa shape index (κ1) is 17.6. The van der Waals surface area contributed by atoms with E-state index in [4.69, 9.17) is 16.3 Å². The highest BCUT2D eigenvalue weighted by Crippen LogP contribution is 2.28. The van der Waals surface area contributed by atoms with Crippen LogP contribution >= 0.6 is 11.6 Å². The Hall–Kier alpha value is -1.79. The van der Waals surface area contributed by atoms with Crippen LogP contribution in [-0.2, 0) is 9.59 Å². The summed E-state index contributed by atoms with van der Waals surface area (Å²) >= 11 is 5.91. The number of ether oxygens (including phenoxy) is 1. The zero-order valence-corrected chi connectivity index (χ0v) is 13.9. The van der Waals surface area contributed by atoms with Gasteiger partial charge in [-0.2, -0.15) is 0 Å². The molecule has 2 rings (SSSR count). The molecule has 0 atom stereocenters. The van der Waals surface area contributed by atoms with Crippen molar-refractivity contribution in [2.24, 2.45) is 5.92 Å². The average molecular weight is 340 g/mol. The number of carbonyl (C=O) groups excluding carboxylic acids is 2. The normalized spacial score (nSPS) is 13.5. The van der Waals surface area contributed by atoms with Crippen molar-refractivity contribution in [3.63, 3.8) is 0 Å². The van der Waals surface area contributed by atoms with Crippen molar-refractivity contribution in [3.8, 4) is 5.75 Å². The number of amides is 2. The predicted molar refractivity (Wildman–Crippen MR) is 89.9 cm³/mol. The minimum absolute atomic E-state index is 0.0983. The highest BCUT2D eigenvalue weighted by atomic mass is 35.5. The summed E-state index contributed by atoms with van der Waals surface area (Å²) in [6.07, 6.45) is 2.69. The molecule has 0 aliphatic heterocycles. The van der Waals surface area contributed by atoms with Crippen LogP contribution in [0.1, 0.15) is 19.3 Å². The number of benzene rings is 1. The van der Waals surface area contributed by atoms with E-state index in [2.05, 4.69) is 16.0 Å². The summed E-state index contributed by atoms with van der Waals surface area (Å²) in [6.45, 7) is 1.47. The summed E-state index contributed by atoms with van der Waals surface area (Å²) in [5.41, 5.74) is 0.516. The fourth-order valence-corrected chi connectivity index (χ4v) is 2.25. The van der Waals surface area contributed by atoms with Crippen molar-refractivity contribution in [3.05, 3.63) is 23.2 Å². The van der Waals surface area contributed by atoms with Gasteiger partial charge in [0, 0.05) is 18.0 Å². The molecule has 1 saturated carbocycles. The molecule has 1 aromatic carbocycles. The second kappa shape index (κ2) is 8.74. The molecule has 126 valence electrons. The lowest BCUT2D eigenvalue weighted by atomic mass is 10.2. The minimum Gasteiger partial charge on any atom is -0.495 e. The van der Waals surface area contributed by atoms with E-state index in [1.165, 1.54) is 20.0 Å². The van der Waals surface area contributed by atoms with E-state index in [1.54, 1.807) is 18.2 Å². The molecule has 23 heavy (non-hydrogen) atoms. The molecule has 1 aliphatic rings. The molecule has 3 N–H and O–H groups in total. The Morgan fingerprint density at radius 3 is 2.78 bits per heavy atom. The molecular formula is C16H22ClN3O3. The Morgan fingerprint density at radius 1 is 1.30 bits per heavy atom. The van der Waals surface area contributed by atoms with E-state index in [0.29, 0.717) is 29.5 Å². The van der Waals surface area contributed by atoms with Crippen LogP contribution in [0, 0.1) is 5.92 Å². The van der Waals surface area contributed by atoms with Crippen LogP contribution in [0.3, 0.4) is 0 Å². The number of methoxy groups -OCH3 is 1. The Bertz CT molecular complexity index is 562. The maximum atomic E-state index is 11.9. The van der Waals surface area contributed by atoms with E-state index >= 15 is 0 Å². The number of halogens is 1. The smallest absolute Gasteiger partial charge is 0.233 e. The second-order valence-electron chi connectivity index (χ2n) is 5.57. The largest absolute Gasteiger partial charge is 0.495 e. The molecule has 1 aromatic rings. The molecule has 0 bridgehead atoms. The fraction of sp³-hybridized carbons (Fsp3) is 0.500. The van der Waals surface area contributed by atoms with Gasteiger partial charge in [0.2, 0.25) is 11.8 Å². The molecule has 6 nitrogen and oxygen atoms in total. The molecule has 7 heteroatoms. The summed E-state index contributed by atoms with van der Waals surface area (Å²) in [5, 5.41) is 9.05. The minimum atomic E-state index is -0.211. The zero-order valence-electron chi connectivity index (χ0n) is 13.2. The third-order valence-electron chi connectivity index (χ3n) is 3.53. The molecule has 0 heterocycles.